The predicted octanol–water partition coefficient (Wildman–Crippen LogP) is 1.15. The highest BCUT2D eigenvalue weighted by molar-refractivity contribution is 5.76. The zero-order valence-electron chi connectivity index (χ0n) is 12.3. The zero-order valence-corrected chi connectivity index (χ0v) is 12.3. The number of carbonyl (C=O) groups excluding carboxylic acids is 1. The Morgan fingerprint density at radius 2 is 1.90 bits per heavy atom. The minimum atomic E-state index is -0.863. The van der Waals surface area contributed by atoms with E-state index in [0.29, 0.717) is 19.5 Å². The number of nitrogens with one attached hydrogen (secondary N) is 1. The molecule has 0 aromatic heterocycles. The highest BCUT2D eigenvalue weighted by Gasteiger charge is 2.24. The number of carboxylic acids is 1. The van der Waals surface area contributed by atoms with Crippen molar-refractivity contribution in [1.29, 1.82) is 0 Å². The maximum absolute atomic E-state index is 12.0. The van der Waals surface area contributed by atoms with Gasteiger partial charge in [-0.05, 0) is 31.1 Å². The van der Waals surface area contributed by atoms with E-state index in [0.717, 1.165) is 12.8 Å². The summed E-state index contributed by atoms with van der Waals surface area (Å²) in [4.78, 5) is 24.8. The number of likely N-dealkylation sites (tertiary alicyclic amines) is 1. The molecule has 6 nitrogen and oxygen atoms in total. The maximum Gasteiger partial charge on any atom is 0.317 e. The number of carboxylic acid groups (broad SMARTS) is 1. The predicted molar refractivity (Wildman–Crippen MR) is 75.4 cm³/mol. The molecule has 0 aliphatic carbocycles. The van der Waals surface area contributed by atoms with Crippen LogP contribution in [0.5, 0.6) is 0 Å². The molecule has 3 N–H and O–H groups in total. The van der Waals surface area contributed by atoms with Gasteiger partial charge in [0.25, 0.3) is 0 Å². The number of aliphatic hydroxyl groups excluding tert-OH is 1. The Bertz CT molecular complexity index is 325. The third-order valence-corrected chi connectivity index (χ3v) is 3.76. The van der Waals surface area contributed by atoms with E-state index >= 15 is 0 Å². The van der Waals surface area contributed by atoms with Crippen LogP contribution in [-0.2, 0) is 4.79 Å². The Labute approximate surface area is 120 Å². The fourth-order valence-corrected chi connectivity index (χ4v) is 2.48. The van der Waals surface area contributed by atoms with Gasteiger partial charge in [-0.2, -0.15) is 0 Å². The summed E-state index contributed by atoms with van der Waals surface area (Å²) in [6.07, 6.45) is 2.17. The van der Waals surface area contributed by atoms with Gasteiger partial charge in [0.05, 0.1) is 5.92 Å². The van der Waals surface area contributed by atoms with Crippen molar-refractivity contribution < 1.29 is 19.8 Å². The van der Waals surface area contributed by atoms with E-state index in [-0.39, 0.29) is 31.0 Å². The number of amides is 2. The summed E-state index contributed by atoms with van der Waals surface area (Å²) in [6, 6.07) is -0.198. The molecule has 1 saturated heterocycles. The minimum absolute atomic E-state index is 0.172. The molecule has 0 bridgehead atoms. The second kappa shape index (κ2) is 8.09. The van der Waals surface area contributed by atoms with Gasteiger partial charge in [-0.25, -0.2) is 4.79 Å². The van der Waals surface area contributed by atoms with Crippen LogP contribution in [0.15, 0.2) is 0 Å². The van der Waals surface area contributed by atoms with Crippen molar-refractivity contribution in [3.8, 4) is 0 Å². The maximum atomic E-state index is 12.0. The van der Waals surface area contributed by atoms with Crippen molar-refractivity contribution in [3.05, 3.63) is 0 Å². The van der Waals surface area contributed by atoms with Crippen molar-refractivity contribution in [3.63, 3.8) is 0 Å². The van der Waals surface area contributed by atoms with E-state index in [4.69, 9.17) is 10.2 Å². The third-order valence-electron chi connectivity index (χ3n) is 3.76. The fraction of sp³-hybridized carbons (Fsp3) is 0.857. The van der Waals surface area contributed by atoms with Crippen molar-refractivity contribution in [1.82, 2.24) is 10.2 Å². The van der Waals surface area contributed by atoms with E-state index < -0.39 is 11.9 Å². The SMILES string of the molecule is CC(C)CC(CNC(=O)N1CCC(CO)CC1)C(=O)O. The molecule has 20 heavy (non-hydrogen) atoms. The number of urea groups is 1. The smallest absolute Gasteiger partial charge is 0.317 e. The van der Waals surface area contributed by atoms with Crippen molar-refractivity contribution in [2.24, 2.45) is 17.8 Å². The first-order valence-corrected chi connectivity index (χ1v) is 7.30. The summed E-state index contributed by atoms with van der Waals surface area (Å²) in [6.45, 7) is 5.53. The van der Waals surface area contributed by atoms with Gasteiger partial charge in [-0.3, -0.25) is 4.79 Å². The third kappa shape index (κ3) is 5.36. The van der Waals surface area contributed by atoms with E-state index in [9.17, 15) is 9.59 Å². The quantitative estimate of drug-likeness (QED) is 0.683. The molecule has 0 aromatic rings. The number of hydrogen-bond donors (Lipinski definition) is 3. The van der Waals surface area contributed by atoms with Gasteiger partial charge in [0.2, 0.25) is 0 Å². The highest BCUT2D eigenvalue weighted by Crippen LogP contribution is 2.16. The summed E-state index contributed by atoms with van der Waals surface area (Å²) in [7, 11) is 0. The first-order valence-electron chi connectivity index (χ1n) is 7.30. The average Bonchev–Trinajstić information content (AvgIpc) is 2.42. The van der Waals surface area contributed by atoms with Gasteiger partial charge in [-0.1, -0.05) is 13.8 Å². The standard InChI is InChI=1S/C14H26N2O4/c1-10(2)7-12(13(18)19)8-15-14(20)16-5-3-11(9-17)4-6-16/h10-12,17H,3-9H2,1-2H3,(H,15,20)(H,18,19). The lowest BCUT2D eigenvalue weighted by Crippen LogP contribution is -2.46. The molecular formula is C14H26N2O4. The lowest BCUT2D eigenvalue weighted by atomic mass is 9.97. The Balaban J connectivity index is 2.36. The molecule has 1 rings (SSSR count). The van der Waals surface area contributed by atoms with Gasteiger partial charge in [-0.15, -0.1) is 0 Å². The Morgan fingerprint density at radius 3 is 2.35 bits per heavy atom. The van der Waals surface area contributed by atoms with Crippen LogP contribution < -0.4 is 5.32 Å². The van der Waals surface area contributed by atoms with Crippen LogP contribution in [-0.4, -0.2) is 53.4 Å². The molecular weight excluding hydrogens is 260 g/mol. The second-order valence-corrected chi connectivity index (χ2v) is 5.96. The molecule has 1 aliphatic rings. The number of piperidine rings is 1. The van der Waals surface area contributed by atoms with Crippen molar-refractivity contribution >= 4 is 12.0 Å². The van der Waals surface area contributed by atoms with E-state index in [1.54, 1.807) is 4.90 Å². The summed E-state index contributed by atoms with van der Waals surface area (Å²) >= 11 is 0. The summed E-state index contributed by atoms with van der Waals surface area (Å²) in [5, 5.41) is 20.9. The van der Waals surface area contributed by atoms with Crippen LogP contribution in [0.2, 0.25) is 0 Å². The van der Waals surface area contributed by atoms with Gasteiger partial charge >= 0.3 is 12.0 Å². The number of rotatable bonds is 6. The molecule has 116 valence electrons. The lowest BCUT2D eigenvalue weighted by molar-refractivity contribution is -0.142. The molecule has 0 saturated carbocycles. The molecule has 0 radical (unpaired) electrons. The van der Waals surface area contributed by atoms with Gasteiger partial charge < -0.3 is 20.4 Å². The average molecular weight is 286 g/mol. The van der Waals surface area contributed by atoms with Crippen LogP contribution >= 0.6 is 0 Å². The summed E-state index contributed by atoms with van der Waals surface area (Å²) in [5.41, 5.74) is 0. The number of aliphatic hydroxyl groups is 1. The molecule has 1 fully saturated rings. The minimum Gasteiger partial charge on any atom is -0.481 e. The van der Waals surface area contributed by atoms with E-state index in [1.807, 2.05) is 13.8 Å². The normalized spacial score (nSPS) is 18.1. The molecule has 2 amide bonds. The van der Waals surface area contributed by atoms with Crippen LogP contribution in [0.3, 0.4) is 0 Å². The van der Waals surface area contributed by atoms with Crippen LogP contribution in [0, 0.1) is 17.8 Å². The van der Waals surface area contributed by atoms with E-state index in [1.165, 1.54) is 0 Å². The van der Waals surface area contributed by atoms with Crippen LogP contribution in [0.4, 0.5) is 4.79 Å². The number of carbonyl (C=O) groups is 2. The fourth-order valence-electron chi connectivity index (χ4n) is 2.48. The zero-order chi connectivity index (χ0) is 15.1. The molecule has 6 heteroatoms. The number of nitrogens with zero attached hydrogens (tertiary/aromatic N) is 1. The highest BCUT2D eigenvalue weighted by atomic mass is 16.4. The van der Waals surface area contributed by atoms with Crippen molar-refractivity contribution in [2.45, 2.75) is 33.1 Å². The molecule has 0 spiro atoms. The Morgan fingerprint density at radius 1 is 1.30 bits per heavy atom. The number of aliphatic carboxylic acids is 1. The van der Waals surface area contributed by atoms with Gasteiger partial charge in [0.15, 0.2) is 0 Å². The van der Waals surface area contributed by atoms with Gasteiger partial charge in [0, 0.05) is 26.2 Å². The van der Waals surface area contributed by atoms with Crippen LogP contribution in [0.25, 0.3) is 0 Å². The van der Waals surface area contributed by atoms with Gasteiger partial charge in [0.1, 0.15) is 0 Å². The molecule has 1 heterocycles. The monoisotopic (exact) mass is 286 g/mol. The first-order chi connectivity index (χ1) is 9.43. The Hall–Kier alpha value is -1.30. The lowest BCUT2D eigenvalue weighted by Gasteiger charge is -2.31. The summed E-state index contributed by atoms with van der Waals surface area (Å²) < 4.78 is 0. The molecule has 1 unspecified atom stereocenters. The number of hydrogen-bond acceptors (Lipinski definition) is 3. The molecule has 0 aromatic carbocycles. The second-order valence-electron chi connectivity index (χ2n) is 5.96. The topological polar surface area (TPSA) is 89.9 Å². The largest absolute Gasteiger partial charge is 0.481 e. The van der Waals surface area contributed by atoms with E-state index in [2.05, 4.69) is 5.32 Å². The molecule has 1 aliphatic heterocycles. The molecule has 1 atom stereocenters. The Kier molecular flexibility index (Phi) is 6.78. The first kappa shape index (κ1) is 16.8. The summed E-state index contributed by atoms with van der Waals surface area (Å²) in [5.74, 6) is -0.827. The van der Waals surface area contributed by atoms with Crippen LogP contribution in [0.1, 0.15) is 33.1 Å². The van der Waals surface area contributed by atoms with Crippen molar-refractivity contribution in [2.75, 3.05) is 26.2 Å².